The minimum Gasteiger partial charge on any atom is -0.438 e. The number of halogens is 1. The van der Waals surface area contributed by atoms with Crippen LogP contribution in [0.4, 0.5) is 0 Å². The first-order chi connectivity index (χ1) is 11.9. The minimum absolute atomic E-state index is 0.0416. The highest BCUT2D eigenvalue weighted by atomic mass is 79.9. The molecule has 2 heterocycles. The first-order valence-electron chi connectivity index (χ1n) is 7.80. The maximum atomic E-state index is 12.5. The van der Waals surface area contributed by atoms with Crippen LogP contribution in [0.1, 0.15) is 16.8 Å². The van der Waals surface area contributed by atoms with Crippen LogP contribution in [0.2, 0.25) is 0 Å². The summed E-state index contributed by atoms with van der Waals surface area (Å²) in [7, 11) is -2.95. The summed E-state index contributed by atoms with van der Waals surface area (Å²) in [5.74, 6) is 0.711. The lowest BCUT2D eigenvalue weighted by atomic mass is 10.1. The SMILES string of the molecule is O=C(NC[C@H]1CCS(=O)(=O)C1)c1cccnc1Oc1cccc(Br)c1. The Bertz CT molecular complexity index is 886. The Balaban J connectivity index is 1.68. The second-order valence-corrected chi connectivity index (χ2v) is 9.04. The lowest BCUT2D eigenvalue weighted by Gasteiger charge is -2.12. The molecule has 3 rings (SSSR count). The predicted molar refractivity (Wildman–Crippen MR) is 97.5 cm³/mol. The van der Waals surface area contributed by atoms with Gasteiger partial charge in [-0.25, -0.2) is 13.4 Å². The summed E-state index contributed by atoms with van der Waals surface area (Å²) < 4.78 is 29.6. The zero-order valence-corrected chi connectivity index (χ0v) is 15.7. The van der Waals surface area contributed by atoms with Crippen molar-refractivity contribution < 1.29 is 17.9 Å². The molecule has 2 aromatic rings. The summed E-state index contributed by atoms with van der Waals surface area (Å²) in [5.41, 5.74) is 0.309. The average molecular weight is 425 g/mol. The lowest BCUT2D eigenvalue weighted by molar-refractivity contribution is 0.0945. The minimum atomic E-state index is -2.95. The van der Waals surface area contributed by atoms with Gasteiger partial charge in [0.25, 0.3) is 5.91 Å². The van der Waals surface area contributed by atoms with Crippen LogP contribution in [0, 0.1) is 5.92 Å². The van der Waals surface area contributed by atoms with E-state index >= 15 is 0 Å². The van der Waals surface area contributed by atoms with E-state index in [1.54, 1.807) is 30.5 Å². The van der Waals surface area contributed by atoms with E-state index < -0.39 is 9.84 Å². The third kappa shape index (κ3) is 4.79. The molecular formula is C17H17BrN2O4S. The number of aromatic nitrogens is 1. The maximum absolute atomic E-state index is 12.5. The molecule has 0 aliphatic carbocycles. The highest BCUT2D eigenvalue weighted by Crippen LogP contribution is 2.25. The molecular weight excluding hydrogens is 408 g/mol. The van der Waals surface area contributed by atoms with Crippen LogP contribution in [-0.2, 0) is 9.84 Å². The molecule has 1 saturated heterocycles. The van der Waals surface area contributed by atoms with Crippen molar-refractivity contribution in [1.82, 2.24) is 10.3 Å². The number of benzene rings is 1. The Morgan fingerprint density at radius 1 is 1.32 bits per heavy atom. The fraction of sp³-hybridized carbons (Fsp3) is 0.294. The summed E-state index contributed by atoms with van der Waals surface area (Å²) >= 11 is 3.37. The molecule has 0 radical (unpaired) electrons. The van der Waals surface area contributed by atoms with E-state index in [0.717, 1.165) is 4.47 Å². The first kappa shape index (κ1) is 17.9. The Morgan fingerprint density at radius 3 is 2.88 bits per heavy atom. The van der Waals surface area contributed by atoms with E-state index in [1.807, 2.05) is 12.1 Å². The average Bonchev–Trinajstić information content (AvgIpc) is 2.92. The van der Waals surface area contributed by atoms with Crippen molar-refractivity contribution in [3.05, 3.63) is 52.6 Å². The molecule has 8 heteroatoms. The van der Waals surface area contributed by atoms with Crippen LogP contribution in [0.15, 0.2) is 47.1 Å². The van der Waals surface area contributed by atoms with Crippen molar-refractivity contribution in [3.63, 3.8) is 0 Å². The molecule has 1 atom stereocenters. The molecule has 6 nitrogen and oxygen atoms in total. The van der Waals surface area contributed by atoms with Gasteiger partial charge in [-0.2, -0.15) is 0 Å². The van der Waals surface area contributed by atoms with Gasteiger partial charge in [-0.1, -0.05) is 22.0 Å². The van der Waals surface area contributed by atoms with Crippen molar-refractivity contribution in [2.24, 2.45) is 5.92 Å². The summed E-state index contributed by atoms with van der Waals surface area (Å²) in [4.78, 5) is 16.6. The van der Waals surface area contributed by atoms with Crippen LogP contribution >= 0.6 is 15.9 Å². The lowest BCUT2D eigenvalue weighted by Crippen LogP contribution is -2.30. The Kier molecular flexibility index (Phi) is 5.39. The van der Waals surface area contributed by atoms with Crippen LogP contribution in [-0.4, -0.2) is 37.4 Å². The highest BCUT2D eigenvalue weighted by molar-refractivity contribution is 9.10. The molecule has 1 aliphatic rings. The van der Waals surface area contributed by atoms with Crippen molar-refractivity contribution in [3.8, 4) is 11.6 Å². The molecule has 1 fully saturated rings. The van der Waals surface area contributed by atoms with Gasteiger partial charge in [-0.15, -0.1) is 0 Å². The molecule has 1 aromatic carbocycles. The molecule has 0 saturated carbocycles. The second kappa shape index (κ2) is 7.53. The molecule has 1 amide bonds. The molecule has 25 heavy (non-hydrogen) atoms. The van der Waals surface area contributed by atoms with E-state index in [-0.39, 0.29) is 29.2 Å². The van der Waals surface area contributed by atoms with E-state index in [0.29, 0.717) is 24.3 Å². The zero-order valence-electron chi connectivity index (χ0n) is 13.3. The number of amides is 1. The van der Waals surface area contributed by atoms with Crippen molar-refractivity contribution in [2.45, 2.75) is 6.42 Å². The van der Waals surface area contributed by atoms with Gasteiger partial charge in [0.05, 0.1) is 11.5 Å². The molecule has 1 aliphatic heterocycles. The number of hydrogen-bond donors (Lipinski definition) is 1. The monoisotopic (exact) mass is 424 g/mol. The van der Waals surface area contributed by atoms with E-state index in [4.69, 9.17) is 4.74 Å². The van der Waals surface area contributed by atoms with E-state index in [9.17, 15) is 13.2 Å². The number of carbonyl (C=O) groups is 1. The van der Waals surface area contributed by atoms with Crippen molar-refractivity contribution >= 4 is 31.7 Å². The third-order valence-electron chi connectivity index (χ3n) is 3.90. The van der Waals surface area contributed by atoms with Gasteiger partial charge < -0.3 is 10.1 Å². The Labute approximate surface area is 154 Å². The number of sulfone groups is 1. The van der Waals surface area contributed by atoms with Crippen molar-refractivity contribution in [1.29, 1.82) is 0 Å². The van der Waals surface area contributed by atoms with Gasteiger partial charge in [0.1, 0.15) is 11.3 Å². The maximum Gasteiger partial charge on any atom is 0.256 e. The zero-order chi connectivity index (χ0) is 17.9. The number of nitrogens with zero attached hydrogens (tertiary/aromatic N) is 1. The van der Waals surface area contributed by atoms with Gasteiger partial charge in [-0.05, 0) is 42.7 Å². The third-order valence-corrected chi connectivity index (χ3v) is 6.23. The van der Waals surface area contributed by atoms with Gasteiger partial charge >= 0.3 is 0 Å². The molecule has 0 unspecified atom stereocenters. The van der Waals surface area contributed by atoms with Gasteiger partial charge in [0.2, 0.25) is 5.88 Å². The smallest absolute Gasteiger partial charge is 0.256 e. The predicted octanol–water partition coefficient (Wildman–Crippen LogP) is 2.80. The number of pyridine rings is 1. The number of ether oxygens (including phenoxy) is 1. The standard InChI is InChI=1S/C17H17BrN2O4S/c18-13-3-1-4-14(9-13)24-17-15(5-2-7-19-17)16(21)20-10-12-6-8-25(22,23)11-12/h1-5,7,9,12H,6,8,10-11H2,(H,20,21)/t12-/m1/s1. The summed E-state index contributed by atoms with van der Waals surface area (Å²) in [6.45, 7) is 0.323. The highest BCUT2D eigenvalue weighted by Gasteiger charge is 2.28. The largest absolute Gasteiger partial charge is 0.438 e. The Hall–Kier alpha value is -1.93. The number of nitrogens with one attached hydrogen (secondary N) is 1. The van der Waals surface area contributed by atoms with Crippen LogP contribution < -0.4 is 10.1 Å². The quantitative estimate of drug-likeness (QED) is 0.797. The molecule has 132 valence electrons. The van der Waals surface area contributed by atoms with Gasteiger partial charge in [0.15, 0.2) is 9.84 Å². The topological polar surface area (TPSA) is 85.4 Å². The Morgan fingerprint density at radius 2 is 2.16 bits per heavy atom. The van der Waals surface area contributed by atoms with Gasteiger partial charge in [-0.3, -0.25) is 4.79 Å². The summed E-state index contributed by atoms with van der Waals surface area (Å²) in [6, 6.07) is 10.5. The number of rotatable bonds is 5. The fourth-order valence-electron chi connectivity index (χ4n) is 2.65. The molecule has 1 aromatic heterocycles. The second-order valence-electron chi connectivity index (χ2n) is 5.89. The van der Waals surface area contributed by atoms with Crippen LogP contribution in [0.3, 0.4) is 0 Å². The van der Waals surface area contributed by atoms with Gasteiger partial charge in [0, 0.05) is 17.2 Å². The van der Waals surface area contributed by atoms with Crippen LogP contribution in [0.25, 0.3) is 0 Å². The molecule has 0 bridgehead atoms. The summed E-state index contributed by atoms with van der Waals surface area (Å²) in [6.07, 6.45) is 2.13. The van der Waals surface area contributed by atoms with E-state index in [1.165, 1.54) is 0 Å². The van der Waals surface area contributed by atoms with E-state index in [2.05, 4.69) is 26.2 Å². The normalized spacial score (nSPS) is 18.7. The first-order valence-corrected chi connectivity index (χ1v) is 10.4. The molecule has 1 N–H and O–H groups in total. The fourth-order valence-corrected chi connectivity index (χ4v) is 4.89. The van der Waals surface area contributed by atoms with Crippen LogP contribution in [0.5, 0.6) is 11.6 Å². The number of hydrogen-bond acceptors (Lipinski definition) is 5. The molecule has 0 spiro atoms. The number of carbonyl (C=O) groups excluding carboxylic acids is 1. The summed E-state index contributed by atoms with van der Waals surface area (Å²) in [5, 5.41) is 2.78. The van der Waals surface area contributed by atoms with Crippen molar-refractivity contribution in [2.75, 3.05) is 18.1 Å².